The average Bonchev–Trinajstić information content (AvgIpc) is 3.50. The molecule has 2 aromatic carbocycles. The number of halogens is 2. The zero-order valence-corrected chi connectivity index (χ0v) is 23.8. The quantitative estimate of drug-likeness (QED) is 0.360. The highest BCUT2D eigenvalue weighted by molar-refractivity contribution is 6.33. The van der Waals surface area contributed by atoms with Gasteiger partial charge in [-0.15, -0.1) is 0 Å². The third-order valence-corrected chi connectivity index (χ3v) is 8.10. The minimum Gasteiger partial charge on any atom is -0.497 e. The second-order valence-corrected chi connectivity index (χ2v) is 11.2. The fourth-order valence-electron chi connectivity index (χ4n) is 5.45. The van der Waals surface area contributed by atoms with Crippen LogP contribution >= 0.6 is 11.6 Å². The lowest BCUT2D eigenvalue weighted by atomic mass is 10.0. The van der Waals surface area contributed by atoms with Gasteiger partial charge in [0.1, 0.15) is 17.6 Å². The third-order valence-electron chi connectivity index (χ3n) is 7.82. The number of aromatic nitrogens is 2. The van der Waals surface area contributed by atoms with Gasteiger partial charge in [0.05, 0.1) is 30.1 Å². The molecule has 0 bridgehead atoms. The zero-order valence-electron chi connectivity index (χ0n) is 23.0. The zero-order chi connectivity index (χ0) is 28.6. The largest absolute Gasteiger partial charge is 0.497 e. The first-order valence-corrected chi connectivity index (χ1v) is 13.9. The lowest BCUT2D eigenvalue weighted by molar-refractivity contribution is -0.125. The van der Waals surface area contributed by atoms with E-state index < -0.39 is 17.9 Å². The number of anilines is 1. The van der Waals surface area contributed by atoms with E-state index in [-0.39, 0.29) is 11.8 Å². The van der Waals surface area contributed by atoms with Crippen LogP contribution in [0.1, 0.15) is 67.6 Å². The molecule has 0 radical (unpaired) electrons. The number of carbonyl (C=O) groups is 2. The Balaban J connectivity index is 1.30. The Labute approximate surface area is 238 Å². The summed E-state index contributed by atoms with van der Waals surface area (Å²) in [5.74, 6) is 0.514. The Bertz CT molecular complexity index is 1450. The van der Waals surface area contributed by atoms with Crippen molar-refractivity contribution in [2.75, 3.05) is 12.4 Å². The van der Waals surface area contributed by atoms with Crippen LogP contribution in [0.25, 0.3) is 11.3 Å². The third kappa shape index (κ3) is 5.75. The van der Waals surface area contributed by atoms with Crippen molar-refractivity contribution in [3.63, 3.8) is 0 Å². The molecule has 2 heterocycles. The molecule has 1 saturated carbocycles. The van der Waals surface area contributed by atoms with Crippen molar-refractivity contribution in [2.24, 2.45) is 5.92 Å². The lowest BCUT2D eigenvalue weighted by Gasteiger charge is -2.25. The summed E-state index contributed by atoms with van der Waals surface area (Å²) in [4.78, 5) is 37.1. The molecule has 2 aliphatic rings. The van der Waals surface area contributed by atoms with E-state index in [9.17, 15) is 14.0 Å². The maximum absolute atomic E-state index is 14.0. The Hall–Kier alpha value is -3.72. The van der Waals surface area contributed by atoms with Crippen molar-refractivity contribution in [2.45, 2.75) is 64.7 Å². The van der Waals surface area contributed by atoms with Crippen LogP contribution in [-0.4, -0.2) is 45.9 Å². The first-order valence-electron chi connectivity index (χ1n) is 13.5. The van der Waals surface area contributed by atoms with Gasteiger partial charge in [0.15, 0.2) is 0 Å². The van der Waals surface area contributed by atoms with Gasteiger partial charge in [-0.2, -0.15) is 0 Å². The SMILES string of the molecule is COc1cc(F)cc([C@@H](C)NC(=O)[C@@H](C)N2Cc3ccc(-c4nc(NC5CC[C@H](C)C5)ncc4Cl)cc3C2=O)c1. The van der Waals surface area contributed by atoms with Crippen LogP contribution in [0.4, 0.5) is 10.3 Å². The summed E-state index contributed by atoms with van der Waals surface area (Å²) in [5.41, 5.74) is 3.14. The van der Waals surface area contributed by atoms with Crippen molar-refractivity contribution in [3.8, 4) is 17.0 Å². The van der Waals surface area contributed by atoms with Gasteiger partial charge in [0.2, 0.25) is 11.9 Å². The summed E-state index contributed by atoms with van der Waals surface area (Å²) in [6, 6.07) is 8.94. The molecule has 4 atom stereocenters. The summed E-state index contributed by atoms with van der Waals surface area (Å²) in [6.45, 7) is 5.98. The standard InChI is InChI=1S/C30H33ClFN5O3/c1-16-5-8-23(9-16)35-30-33-14-26(31)27(36-30)19-6-7-20-15-37(29(39)25(20)12-19)18(3)28(38)34-17(2)21-10-22(32)13-24(11-21)40-4/h6-7,10-14,16-18,23H,5,8-9,15H2,1-4H3,(H,34,38)(H,33,35,36)/t16-,17+,18+,23?/m0/s1. The summed E-state index contributed by atoms with van der Waals surface area (Å²) in [7, 11) is 1.46. The van der Waals surface area contributed by atoms with Gasteiger partial charge in [-0.1, -0.05) is 30.7 Å². The molecule has 210 valence electrons. The van der Waals surface area contributed by atoms with Gasteiger partial charge in [-0.3, -0.25) is 9.59 Å². The number of rotatable bonds is 8. The molecule has 1 unspecified atom stereocenters. The van der Waals surface area contributed by atoms with E-state index in [1.165, 1.54) is 30.6 Å². The number of benzene rings is 2. The average molecular weight is 566 g/mol. The topological polar surface area (TPSA) is 96.4 Å². The molecular formula is C30H33ClFN5O3. The number of methoxy groups -OCH3 is 1. The number of nitrogens with one attached hydrogen (secondary N) is 2. The number of hydrogen-bond donors (Lipinski definition) is 2. The van der Waals surface area contributed by atoms with Crippen LogP contribution in [0.2, 0.25) is 5.02 Å². The summed E-state index contributed by atoms with van der Waals surface area (Å²) in [6.07, 6.45) is 4.91. The predicted octanol–water partition coefficient (Wildman–Crippen LogP) is 5.77. The molecule has 1 aliphatic heterocycles. The molecule has 0 spiro atoms. The number of ether oxygens (including phenoxy) is 1. The van der Waals surface area contributed by atoms with Gasteiger partial charge < -0.3 is 20.3 Å². The van der Waals surface area contributed by atoms with Crippen LogP contribution in [0.5, 0.6) is 5.75 Å². The number of amides is 2. The normalized spacial score (nSPS) is 19.8. The Morgan fingerprint density at radius 2 is 2.00 bits per heavy atom. The first-order chi connectivity index (χ1) is 19.1. The van der Waals surface area contributed by atoms with E-state index in [1.807, 2.05) is 12.1 Å². The van der Waals surface area contributed by atoms with E-state index in [0.29, 0.717) is 57.6 Å². The van der Waals surface area contributed by atoms with Gasteiger partial charge in [-0.05, 0) is 68.4 Å². The second-order valence-electron chi connectivity index (χ2n) is 10.8. The molecule has 40 heavy (non-hydrogen) atoms. The van der Waals surface area contributed by atoms with Gasteiger partial charge in [0, 0.05) is 29.8 Å². The summed E-state index contributed by atoms with van der Waals surface area (Å²) < 4.78 is 19.1. The molecule has 5 rings (SSSR count). The maximum Gasteiger partial charge on any atom is 0.255 e. The fourth-order valence-corrected chi connectivity index (χ4v) is 5.65. The van der Waals surface area contributed by atoms with Crippen molar-refractivity contribution in [1.29, 1.82) is 0 Å². The van der Waals surface area contributed by atoms with E-state index in [2.05, 4.69) is 27.5 Å². The summed E-state index contributed by atoms with van der Waals surface area (Å²) >= 11 is 6.47. The molecular weight excluding hydrogens is 533 g/mol. The van der Waals surface area contributed by atoms with E-state index in [1.54, 1.807) is 32.2 Å². The number of hydrogen-bond acceptors (Lipinski definition) is 6. The van der Waals surface area contributed by atoms with Crippen molar-refractivity contribution in [1.82, 2.24) is 20.2 Å². The van der Waals surface area contributed by atoms with Crippen molar-refractivity contribution >= 4 is 29.4 Å². The highest BCUT2D eigenvalue weighted by Gasteiger charge is 2.35. The van der Waals surface area contributed by atoms with Crippen molar-refractivity contribution < 1.29 is 18.7 Å². The monoisotopic (exact) mass is 565 g/mol. The molecule has 2 amide bonds. The number of fused-ring (bicyclic) bond motifs is 1. The summed E-state index contributed by atoms with van der Waals surface area (Å²) in [5, 5.41) is 6.69. The molecule has 1 aliphatic carbocycles. The Kier molecular flexibility index (Phi) is 7.94. The number of nitrogens with zero attached hydrogens (tertiary/aromatic N) is 3. The fraction of sp³-hybridized carbons (Fsp3) is 0.400. The van der Waals surface area contributed by atoms with Gasteiger partial charge in [-0.25, -0.2) is 14.4 Å². The van der Waals surface area contributed by atoms with E-state index in [0.717, 1.165) is 18.4 Å². The second kappa shape index (κ2) is 11.4. The molecule has 1 aromatic heterocycles. The van der Waals surface area contributed by atoms with Crippen LogP contribution in [0.3, 0.4) is 0 Å². The maximum atomic E-state index is 14.0. The van der Waals surface area contributed by atoms with E-state index in [4.69, 9.17) is 16.3 Å². The van der Waals surface area contributed by atoms with Gasteiger partial charge >= 0.3 is 0 Å². The lowest BCUT2D eigenvalue weighted by Crippen LogP contribution is -2.45. The molecule has 2 N–H and O–H groups in total. The van der Waals surface area contributed by atoms with Gasteiger partial charge in [0.25, 0.3) is 5.91 Å². The van der Waals surface area contributed by atoms with Crippen LogP contribution in [-0.2, 0) is 11.3 Å². The molecule has 1 fully saturated rings. The highest BCUT2D eigenvalue weighted by atomic mass is 35.5. The van der Waals surface area contributed by atoms with Crippen molar-refractivity contribution in [3.05, 3.63) is 70.1 Å². The number of carbonyl (C=O) groups excluding carboxylic acids is 2. The Morgan fingerprint density at radius 3 is 2.73 bits per heavy atom. The van der Waals surface area contributed by atoms with Crippen LogP contribution in [0, 0.1) is 11.7 Å². The van der Waals surface area contributed by atoms with Crippen LogP contribution in [0.15, 0.2) is 42.6 Å². The molecule has 8 nitrogen and oxygen atoms in total. The minimum atomic E-state index is -0.742. The predicted molar refractivity (Wildman–Crippen MR) is 152 cm³/mol. The van der Waals surface area contributed by atoms with Crippen LogP contribution < -0.4 is 15.4 Å². The molecule has 3 aromatic rings. The molecule has 0 saturated heterocycles. The highest BCUT2D eigenvalue weighted by Crippen LogP contribution is 2.33. The minimum absolute atomic E-state index is 0.247. The molecule has 10 heteroatoms. The van der Waals surface area contributed by atoms with E-state index >= 15 is 0 Å². The first kappa shape index (κ1) is 27.8. The Morgan fingerprint density at radius 1 is 1.20 bits per heavy atom. The smallest absolute Gasteiger partial charge is 0.255 e.